The Bertz CT molecular complexity index is 1520. The van der Waals surface area contributed by atoms with Gasteiger partial charge in [0, 0.05) is 19.2 Å². The van der Waals surface area contributed by atoms with Crippen molar-refractivity contribution in [2.45, 2.75) is 38.6 Å². The molecule has 3 aromatic carbocycles. The van der Waals surface area contributed by atoms with Crippen LogP contribution in [0.25, 0.3) is 10.2 Å². The van der Waals surface area contributed by atoms with Crippen molar-refractivity contribution in [3.05, 3.63) is 88.2 Å². The normalized spacial score (nSPS) is 12.3. The molecule has 0 saturated heterocycles. The lowest BCUT2D eigenvalue weighted by Crippen LogP contribution is -2.26. The minimum atomic E-state index is -3.74. The van der Waals surface area contributed by atoms with Gasteiger partial charge in [-0.1, -0.05) is 36.5 Å². The smallest absolute Gasteiger partial charge is 0.279 e. The monoisotopic (exact) mass is 493 g/mol. The summed E-state index contributed by atoms with van der Waals surface area (Å²) in [7, 11) is -2.23. The molecule has 8 heteroatoms. The number of fused-ring (bicyclic) bond motifs is 1. The average Bonchev–Trinajstić information content (AvgIpc) is 3.15. The van der Waals surface area contributed by atoms with E-state index in [9.17, 15) is 13.2 Å². The highest BCUT2D eigenvalue weighted by molar-refractivity contribution is 7.92. The number of rotatable bonds is 6. The number of sulfonamides is 1. The molecule has 0 unspecified atom stereocenters. The van der Waals surface area contributed by atoms with Crippen LogP contribution >= 0.6 is 11.3 Å². The molecule has 0 bridgehead atoms. The van der Waals surface area contributed by atoms with E-state index in [2.05, 4.69) is 42.5 Å². The van der Waals surface area contributed by atoms with E-state index in [1.165, 1.54) is 58.1 Å². The Labute approximate surface area is 203 Å². The van der Waals surface area contributed by atoms with E-state index in [0.717, 1.165) is 23.2 Å². The van der Waals surface area contributed by atoms with Gasteiger partial charge in [-0.2, -0.15) is 4.99 Å². The second kappa shape index (κ2) is 9.56. The minimum absolute atomic E-state index is 0.115. The molecule has 1 aromatic heterocycles. The molecule has 1 heterocycles. The summed E-state index contributed by atoms with van der Waals surface area (Å²) in [5.74, 6) is -0.398. The SMILES string of the molecule is CCCn1c(=NC(=O)c2ccc(S(=O)(=O)N(C)c3ccccc3)cc2)sc2cc(C)c(C)cc21. The molecule has 6 nitrogen and oxygen atoms in total. The Morgan fingerprint density at radius 2 is 1.65 bits per heavy atom. The number of aryl methyl sites for hydroxylation is 3. The standard InChI is InChI=1S/C26H27N3O3S2/c1-5-15-29-23-16-18(2)19(3)17-24(23)33-26(29)27-25(30)20-11-13-22(14-12-20)34(31,32)28(4)21-9-7-6-8-10-21/h6-14,16-17H,5,15H2,1-4H3. The molecule has 1 amide bonds. The lowest BCUT2D eigenvalue weighted by atomic mass is 10.1. The third-order valence-corrected chi connectivity index (χ3v) is 8.66. The van der Waals surface area contributed by atoms with E-state index in [1.807, 2.05) is 6.07 Å². The highest BCUT2D eigenvalue weighted by atomic mass is 32.2. The number of thiazole rings is 1. The zero-order valence-electron chi connectivity index (χ0n) is 19.6. The van der Waals surface area contributed by atoms with Crippen molar-refractivity contribution in [1.82, 2.24) is 4.57 Å². The van der Waals surface area contributed by atoms with Gasteiger partial charge in [-0.25, -0.2) is 8.42 Å². The van der Waals surface area contributed by atoms with Crippen LogP contribution in [0.4, 0.5) is 5.69 Å². The van der Waals surface area contributed by atoms with Gasteiger partial charge in [0.2, 0.25) is 0 Å². The largest absolute Gasteiger partial charge is 0.316 e. The fraction of sp³-hybridized carbons (Fsp3) is 0.231. The van der Waals surface area contributed by atoms with Crippen LogP contribution in [0.2, 0.25) is 0 Å². The van der Waals surface area contributed by atoms with Gasteiger partial charge in [-0.05, 0) is 79.9 Å². The van der Waals surface area contributed by atoms with Crippen LogP contribution in [-0.2, 0) is 16.6 Å². The average molecular weight is 494 g/mol. The Morgan fingerprint density at radius 3 is 2.29 bits per heavy atom. The Hall–Kier alpha value is -3.23. The van der Waals surface area contributed by atoms with Crippen molar-refractivity contribution < 1.29 is 13.2 Å². The number of carbonyl (C=O) groups is 1. The maximum Gasteiger partial charge on any atom is 0.279 e. The molecule has 0 saturated carbocycles. The quantitative estimate of drug-likeness (QED) is 0.366. The van der Waals surface area contributed by atoms with E-state index in [1.54, 1.807) is 24.3 Å². The molecule has 4 aromatic rings. The summed E-state index contributed by atoms with van der Waals surface area (Å²) in [5.41, 5.74) is 4.38. The number of amides is 1. The number of hydrogen-bond acceptors (Lipinski definition) is 4. The van der Waals surface area contributed by atoms with Crippen molar-refractivity contribution in [1.29, 1.82) is 0 Å². The van der Waals surface area contributed by atoms with Gasteiger partial charge in [0.25, 0.3) is 15.9 Å². The number of nitrogens with zero attached hydrogens (tertiary/aromatic N) is 3. The Morgan fingerprint density at radius 1 is 1.00 bits per heavy atom. The molecule has 4 rings (SSSR count). The molecule has 176 valence electrons. The highest BCUT2D eigenvalue weighted by Gasteiger charge is 2.21. The zero-order chi connectivity index (χ0) is 24.5. The maximum atomic E-state index is 13.0. The first kappa shape index (κ1) is 23.9. The zero-order valence-corrected chi connectivity index (χ0v) is 21.3. The van der Waals surface area contributed by atoms with Crippen LogP contribution in [0.3, 0.4) is 0 Å². The molecule has 0 fully saturated rings. The fourth-order valence-corrected chi connectivity index (χ4v) is 6.03. The predicted molar refractivity (Wildman–Crippen MR) is 138 cm³/mol. The molecule has 0 atom stereocenters. The fourth-order valence-electron chi connectivity index (χ4n) is 3.70. The topological polar surface area (TPSA) is 71.7 Å². The first-order valence-electron chi connectivity index (χ1n) is 11.1. The molecule has 0 aliphatic heterocycles. The second-order valence-electron chi connectivity index (χ2n) is 8.19. The van der Waals surface area contributed by atoms with Crippen molar-refractivity contribution in [2.24, 2.45) is 4.99 Å². The summed E-state index contributed by atoms with van der Waals surface area (Å²) < 4.78 is 30.4. The molecule has 0 spiro atoms. The third-order valence-electron chi connectivity index (χ3n) is 5.82. The number of hydrogen-bond donors (Lipinski definition) is 0. The number of benzene rings is 3. The minimum Gasteiger partial charge on any atom is -0.316 e. The Kier molecular flexibility index (Phi) is 6.72. The van der Waals surface area contributed by atoms with Gasteiger partial charge in [-0.15, -0.1) is 0 Å². The van der Waals surface area contributed by atoms with Crippen molar-refractivity contribution >= 4 is 43.2 Å². The van der Waals surface area contributed by atoms with Crippen molar-refractivity contribution in [3.63, 3.8) is 0 Å². The van der Waals surface area contributed by atoms with Gasteiger partial charge < -0.3 is 4.57 Å². The summed E-state index contributed by atoms with van der Waals surface area (Å²) >= 11 is 1.49. The molecule has 0 aliphatic rings. The number of carbonyl (C=O) groups excluding carboxylic acids is 1. The number of para-hydroxylation sites is 1. The predicted octanol–water partition coefficient (Wildman–Crippen LogP) is 5.30. The van der Waals surface area contributed by atoms with E-state index in [0.29, 0.717) is 16.1 Å². The van der Waals surface area contributed by atoms with Gasteiger partial charge in [0.1, 0.15) is 0 Å². The highest BCUT2D eigenvalue weighted by Crippen LogP contribution is 2.24. The number of anilines is 1. The van der Waals surface area contributed by atoms with Crippen molar-refractivity contribution in [2.75, 3.05) is 11.4 Å². The maximum absolute atomic E-state index is 13.0. The molecule has 0 aliphatic carbocycles. The number of aromatic nitrogens is 1. The summed E-state index contributed by atoms with van der Waals surface area (Å²) in [6.45, 7) is 7.01. The summed E-state index contributed by atoms with van der Waals surface area (Å²) in [5, 5.41) is 0. The summed E-state index contributed by atoms with van der Waals surface area (Å²) in [6, 6.07) is 19.1. The van der Waals surface area contributed by atoms with Gasteiger partial charge in [0.15, 0.2) is 4.80 Å². The lowest BCUT2D eigenvalue weighted by Gasteiger charge is -2.19. The van der Waals surface area contributed by atoms with E-state index >= 15 is 0 Å². The van der Waals surface area contributed by atoms with Crippen LogP contribution in [-0.4, -0.2) is 25.9 Å². The molecule has 34 heavy (non-hydrogen) atoms. The Balaban J connectivity index is 1.67. The molecule has 0 N–H and O–H groups in total. The van der Waals surface area contributed by atoms with E-state index < -0.39 is 15.9 Å². The molecule has 0 radical (unpaired) electrons. The van der Waals surface area contributed by atoms with Gasteiger partial charge in [-0.3, -0.25) is 9.10 Å². The second-order valence-corrected chi connectivity index (χ2v) is 11.2. The van der Waals surface area contributed by atoms with Crippen LogP contribution in [0.5, 0.6) is 0 Å². The van der Waals surface area contributed by atoms with E-state index in [-0.39, 0.29) is 4.90 Å². The van der Waals surface area contributed by atoms with Gasteiger partial charge >= 0.3 is 0 Å². The molecular formula is C26H27N3O3S2. The van der Waals surface area contributed by atoms with Crippen LogP contribution < -0.4 is 9.11 Å². The van der Waals surface area contributed by atoms with E-state index in [4.69, 9.17) is 0 Å². The summed E-state index contributed by atoms with van der Waals surface area (Å²) in [6.07, 6.45) is 0.918. The van der Waals surface area contributed by atoms with Crippen LogP contribution in [0.1, 0.15) is 34.8 Å². The van der Waals surface area contributed by atoms with Crippen molar-refractivity contribution in [3.8, 4) is 0 Å². The third kappa shape index (κ3) is 4.56. The first-order valence-corrected chi connectivity index (χ1v) is 13.3. The lowest BCUT2D eigenvalue weighted by molar-refractivity contribution is 0.0997. The van der Waals surface area contributed by atoms with Crippen LogP contribution in [0.15, 0.2) is 76.6 Å². The van der Waals surface area contributed by atoms with Crippen LogP contribution in [0, 0.1) is 13.8 Å². The molecular weight excluding hydrogens is 466 g/mol. The summed E-state index contributed by atoms with van der Waals surface area (Å²) in [4.78, 5) is 18.1. The van der Waals surface area contributed by atoms with Gasteiger partial charge in [0.05, 0.1) is 20.8 Å². The first-order chi connectivity index (χ1) is 16.2.